The van der Waals surface area contributed by atoms with E-state index in [4.69, 9.17) is 10.5 Å². The van der Waals surface area contributed by atoms with Gasteiger partial charge in [0.05, 0.1) is 5.69 Å². The number of ether oxygens (including phenoxy) is 1. The fourth-order valence-corrected chi connectivity index (χ4v) is 1.94. The van der Waals surface area contributed by atoms with Crippen LogP contribution >= 0.6 is 15.9 Å². The zero-order chi connectivity index (χ0) is 12.3. The molecule has 0 aliphatic heterocycles. The maximum atomic E-state index is 5.40. The number of aryl methyl sites for hydroxylation is 1. The van der Waals surface area contributed by atoms with Gasteiger partial charge in [-0.1, -0.05) is 22.0 Å². The van der Waals surface area contributed by atoms with Gasteiger partial charge in [-0.2, -0.15) is 0 Å². The fraction of sp³-hybridized carbons (Fsp3) is 0.250. The Morgan fingerprint density at radius 3 is 2.94 bits per heavy atom. The minimum Gasteiger partial charge on any atom is -0.475 e. The molecule has 2 aromatic rings. The summed E-state index contributed by atoms with van der Waals surface area (Å²) in [6, 6.07) is 9.86. The average molecular weight is 296 g/mol. The van der Waals surface area contributed by atoms with Crippen molar-refractivity contribution < 1.29 is 4.74 Å². The molecule has 90 valence electrons. The molecule has 0 atom stereocenters. The maximum absolute atomic E-state index is 5.40. The van der Waals surface area contributed by atoms with Crippen molar-refractivity contribution in [3.05, 3.63) is 40.5 Å². The molecule has 0 aliphatic rings. The van der Waals surface area contributed by atoms with E-state index in [9.17, 15) is 0 Å². The van der Waals surface area contributed by atoms with Crippen molar-refractivity contribution in [1.82, 2.24) is 9.78 Å². The molecule has 0 radical (unpaired) electrons. The minimum atomic E-state index is 0.481. The second-order valence-corrected chi connectivity index (χ2v) is 4.57. The Hall–Kier alpha value is -1.33. The number of nitrogens with two attached hydrogens (primary N) is 1. The van der Waals surface area contributed by atoms with Gasteiger partial charge in [0.2, 0.25) is 5.88 Å². The molecule has 1 aromatic heterocycles. The SMILES string of the molecule is Cc1cc(OCCN)nn1-c1cccc(Br)c1. The van der Waals surface area contributed by atoms with Gasteiger partial charge in [0.15, 0.2) is 0 Å². The Kier molecular flexibility index (Phi) is 3.81. The van der Waals surface area contributed by atoms with E-state index in [0.29, 0.717) is 19.0 Å². The zero-order valence-electron chi connectivity index (χ0n) is 9.56. The summed E-state index contributed by atoms with van der Waals surface area (Å²) in [4.78, 5) is 0. The third-order valence-electron chi connectivity index (χ3n) is 2.29. The second-order valence-electron chi connectivity index (χ2n) is 3.65. The van der Waals surface area contributed by atoms with E-state index in [1.807, 2.05) is 41.9 Å². The second kappa shape index (κ2) is 5.33. The summed E-state index contributed by atoms with van der Waals surface area (Å²) in [5.41, 5.74) is 7.41. The highest BCUT2D eigenvalue weighted by Gasteiger charge is 2.06. The Labute approximate surface area is 109 Å². The molecule has 0 spiro atoms. The summed E-state index contributed by atoms with van der Waals surface area (Å²) in [7, 11) is 0. The number of hydrogen-bond acceptors (Lipinski definition) is 3. The molecule has 0 unspecified atom stereocenters. The third kappa shape index (κ3) is 2.87. The van der Waals surface area contributed by atoms with Gasteiger partial charge < -0.3 is 10.5 Å². The van der Waals surface area contributed by atoms with Crippen molar-refractivity contribution >= 4 is 15.9 Å². The molecule has 0 bridgehead atoms. The maximum Gasteiger partial charge on any atom is 0.233 e. The van der Waals surface area contributed by atoms with Crippen molar-refractivity contribution in [2.24, 2.45) is 5.73 Å². The van der Waals surface area contributed by atoms with Crippen LogP contribution in [0.4, 0.5) is 0 Å². The first-order chi connectivity index (χ1) is 8.20. The van der Waals surface area contributed by atoms with E-state index in [1.54, 1.807) is 0 Å². The Balaban J connectivity index is 2.29. The fourth-order valence-electron chi connectivity index (χ4n) is 1.55. The van der Waals surface area contributed by atoms with Gasteiger partial charge in [-0.15, -0.1) is 5.10 Å². The molecule has 2 rings (SSSR count). The van der Waals surface area contributed by atoms with Gasteiger partial charge in [-0.05, 0) is 25.1 Å². The summed E-state index contributed by atoms with van der Waals surface area (Å²) in [6.07, 6.45) is 0. The molecule has 0 saturated carbocycles. The van der Waals surface area contributed by atoms with Crippen LogP contribution in [0.5, 0.6) is 5.88 Å². The smallest absolute Gasteiger partial charge is 0.233 e. The average Bonchev–Trinajstić information content (AvgIpc) is 2.68. The van der Waals surface area contributed by atoms with Gasteiger partial charge >= 0.3 is 0 Å². The molecule has 5 heteroatoms. The molecule has 0 aliphatic carbocycles. The molecule has 4 nitrogen and oxygen atoms in total. The van der Waals surface area contributed by atoms with E-state index in [-0.39, 0.29) is 0 Å². The largest absolute Gasteiger partial charge is 0.475 e. The van der Waals surface area contributed by atoms with E-state index < -0.39 is 0 Å². The monoisotopic (exact) mass is 295 g/mol. The number of aromatic nitrogens is 2. The van der Waals surface area contributed by atoms with Crippen molar-refractivity contribution in [3.63, 3.8) is 0 Å². The number of rotatable bonds is 4. The quantitative estimate of drug-likeness (QED) is 0.941. The summed E-state index contributed by atoms with van der Waals surface area (Å²) < 4.78 is 8.27. The number of nitrogens with zero attached hydrogens (tertiary/aromatic N) is 2. The predicted octanol–water partition coefficient (Wildman–Crippen LogP) is 2.28. The van der Waals surface area contributed by atoms with Gasteiger partial charge in [0.25, 0.3) is 0 Å². The van der Waals surface area contributed by atoms with Crippen molar-refractivity contribution in [2.45, 2.75) is 6.92 Å². The lowest BCUT2D eigenvalue weighted by Gasteiger charge is -2.04. The van der Waals surface area contributed by atoms with Crippen LogP contribution in [-0.2, 0) is 0 Å². The molecular formula is C12H14BrN3O. The van der Waals surface area contributed by atoms with Gasteiger partial charge in [0, 0.05) is 22.8 Å². The normalized spacial score (nSPS) is 10.5. The van der Waals surface area contributed by atoms with Gasteiger partial charge in [-0.25, -0.2) is 4.68 Å². The van der Waals surface area contributed by atoms with Gasteiger partial charge in [-0.3, -0.25) is 0 Å². The molecule has 1 aromatic carbocycles. The first kappa shape index (κ1) is 12.1. The molecular weight excluding hydrogens is 282 g/mol. The third-order valence-corrected chi connectivity index (χ3v) is 2.78. The van der Waals surface area contributed by atoms with Crippen molar-refractivity contribution in [1.29, 1.82) is 0 Å². The van der Waals surface area contributed by atoms with E-state index in [2.05, 4.69) is 21.0 Å². The summed E-state index contributed by atoms with van der Waals surface area (Å²) >= 11 is 3.44. The first-order valence-corrected chi connectivity index (χ1v) is 6.15. The van der Waals surface area contributed by atoms with Crippen LogP contribution in [-0.4, -0.2) is 22.9 Å². The van der Waals surface area contributed by atoms with Crippen LogP contribution in [0.25, 0.3) is 5.69 Å². The van der Waals surface area contributed by atoms with Crippen LogP contribution in [0, 0.1) is 6.92 Å². The Bertz CT molecular complexity index is 510. The lowest BCUT2D eigenvalue weighted by molar-refractivity contribution is 0.313. The van der Waals surface area contributed by atoms with Crippen LogP contribution in [0.2, 0.25) is 0 Å². The van der Waals surface area contributed by atoms with Crippen LogP contribution in [0.15, 0.2) is 34.8 Å². The van der Waals surface area contributed by atoms with Crippen molar-refractivity contribution in [3.8, 4) is 11.6 Å². The minimum absolute atomic E-state index is 0.481. The first-order valence-electron chi connectivity index (χ1n) is 5.36. The summed E-state index contributed by atoms with van der Waals surface area (Å²) in [6.45, 7) is 2.96. The molecule has 0 fully saturated rings. The van der Waals surface area contributed by atoms with Gasteiger partial charge in [0.1, 0.15) is 6.61 Å². The predicted molar refractivity (Wildman–Crippen MR) is 70.6 cm³/mol. The van der Waals surface area contributed by atoms with Crippen LogP contribution < -0.4 is 10.5 Å². The lowest BCUT2D eigenvalue weighted by Crippen LogP contribution is -2.11. The summed E-state index contributed by atoms with van der Waals surface area (Å²) in [5.74, 6) is 0.605. The molecule has 0 amide bonds. The lowest BCUT2D eigenvalue weighted by atomic mass is 10.3. The molecule has 1 heterocycles. The molecule has 0 saturated heterocycles. The highest BCUT2D eigenvalue weighted by Crippen LogP contribution is 2.19. The van der Waals surface area contributed by atoms with Crippen LogP contribution in [0.3, 0.4) is 0 Å². The highest BCUT2D eigenvalue weighted by atomic mass is 79.9. The number of benzene rings is 1. The molecule has 17 heavy (non-hydrogen) atoms. The standard InChI is InChI=1S/C12H14BrN3O/c1-9-7-12(17-6-5-14)15-16(9)11-4-2-3-10(13)8-11/h2-4,7-8H,5-6,14H2,1H3. The van der Waals surface area contributed by atoms with E-state index in [1.165, 1.54) is 0 Å². The Morgan fingerprint density at radius 1 is 1.41 bits per heavy atom. The van der Waals surface area contributed by atoms with E-state index in [0.717, 1.165) is 15.9 Å². The zero-order valence-corrected chi connectivity index (χ0v) is 11.1. The van der Waals surface area contributed by atoms with Crippen LogP contribution in [0.1, 0.15) is 5.69 Å². The summed E-state index contributed by atoms with van der Waals surface area (Å²) in [5, 5.41) is 4.38. The number of halogens is 1. The topological polar surface area (TPSA) is 53.1 Å². The van der Waals surface area contributed by atoms with E-state index >= 15 is 0 Å². The Morgan fingerprint density at radius 2 is 2.24 bits per heavy atom. The van der Waals surface area contributed by atoms with Crippen molar-refractivity contribution in [2.75, 3.05) is 13.2 Å². The molecule has 2 N–H and O–H groups in total. The highest BCUT2D eigenvalue weighted by molar-refractivity contribution is 9.10. The number of hydrogen-bond donors (Lipinski definition) is 1.